The Kier molecular flexibility index (Phi) is 3.76. The molecule has 2 aromatic rings. The van der Waals surface area contributed by atoms with Crippen LogP contribution in [-0.4, -0.2) is 12.0 Å². The second-order valence-electron chi connectivity index (χ2n) is 6.67. The lowest BCUT2D eigenvalue weighted by molar-refractivity contribution is 0.562. The standard InChI is InChI=1S/C17H23N3S/c1-17(2,3)15-14(9-18-4)21-16(19-15)20-10-12-7-5-6-8-13(12)11-20/h5-8,18H,9-11H2,1-4H3. The van der Waals surface area contributed by atoms with E-state index in [9.17, 15) is 0 Å². The van der Waals surface area contributed by atoms with E-state index in [1.165, 1.54) is 21.7 Å². The SMILES string of the molecule is CNCc1sc(N2Cc3ccccc3C2)nc1C(C)(C)C. The van der Waals surface area contributed by atoms with Gasteiger partial charge in [0, 0.05) is 29.9 Å². The molecule has 1 aliphatic rings. The van der Waals surface area contributed by atoms with Gasteiger partial charge in [-0.2, -0.15) is 0 Å². The minimum atomic E-state index is 0.0908. The van der Waals surface area contributed by atoms with Gasteiger partial charge in [0.15, 0.2) is 5.13 Å². The smallest absolute Gasteiger partial charge is 0.186 e. The fourth-order valence-corrected chi connectivity index (χ4v) is 4.09. The molecule has 0 aliphatic carbocycles. The van der Waals surface area contributed by atoms with Crippen molar-refractivity contribution >= 4 is 16.5 Å². The molecule has 0 atom stereocenters. The van der Waals surface area contributed by atoms with Gasteiger partial charge in [-0.25, -0.2) is 4.98 Å². The third-order valence-electron chi connectivity index (χ3n) is 3.85. The van der Waals surface area contributed by atoms with Gasteiger partial charge in [-0.1, -0.05) is 45.0 Å². The highest BCUT2D eigenvalue weighted by molar-refractivity contribution is 7.15. The maximum absolute atomic E-state index is 4.97. The summed E-state index contributed by atoms with van der Waals surface area (Å²) in [7, 11) is 2.00. The summed E-state index contributed by atoms with van der Waals surface area (Å²) in [6.45, 7) is 9.57. The van der Waals surface area contributed by atoms with Crippen molar-refractivity contribution in [2.24, 2.45) is 0 Å². The third-order valence-corrected chi connectivity index (χ3v) is 4.96. The molecule has 0 unspecified atom stereocenters. The number of fused-ring (bicyclic) bond motifs is 1. The summed E-state index contributed by atoms with van der Waals surface area (Å²) in [5.41, 5.74) is 4.18. The first-order chi connectivity index (χ1) is 9.99. The molecule has 0 spiro atoms. The predicted molar refractivity (Wildman–Crippen MR) is 89.9 cm³/mol. The number of aromatic nitrogens is 1. The van der Waals surface area contributed by atoms with Gasteiger partial charge in [0.25, 0.3) is 0 Å². The minimum Gasteiger partial charge on any atom is -0.339 e. The highest BCUT2D eigenvalue weighted by Gasteiger charge is 2.27. The zero-order valence-electron chi connectivity index (χ0n) is 13.2. The van der Waals surface area contributed by atoms with Crippen molar-refractivity contribution in [3.8, 4) is 0 Å². The molecule has 2 heterocycles. The van der Waals surface area contributed by atoms with Gasteiger partial charge >= 0.3 is 0 Å². The third kappa shape index (κ3) is 2.83. The molecule has 0 fully saturated rings. The van der Waals surface area contributed by atoms with Crippen LogP contribution in [0.5, 0.6) is 0 Å². The van der Waals surface area contributed by atoms with Crippen LogP contribution in [0.15, 0.2) is 24.3 Å². The number of rotatable bonds is 3. The van der Waals surface area contributed by atoms with E-state index in [1.807, 2.05) is 18.4 Å². The van der Waals surface area contributed by atoms with Gasteiger partial charge in [-0.3, -0.25) is 0 Å². The van der Waals surface area contributed by atoms with E-state index in [1.54, 1.807) is 0 Å². The van der Waals surface area contributed by atoms with Crippen LogP contribution in [-0.2, 0) is 25.0 Å². The van der Waals surface area contributed by atoms with Crippen LogP contribution >= 0.6 is 11.3 Å². The number of hydrogen-bond acceptors (Lipinski definition) is 4. The van der Waals surface area contributed by atoms with E-state index in [-0.39, 0.29) is 5.41 Å². The number of benzene rings is 1. The van der Waals surface area contributed by atoms with Crippen LogP contribution in [0.25, 0.3) is 0 Å². The van der Waals surface area contributed by atoms with Gasteiger partial charge in [-0.05, 0) is 18.2 Å². The lowest BCUT2D eigenvalue weighted by Crippen LogP contribution is -2.18. The summed E-state index contributed by atoms with van der Waals surface area (Å²) >= 11 is 1.83. The lowest BCUT2D eigenvalue weighted by Gasteiger charge is -2.18. The number of thiazole rings is 1. The molecule has 1 aromatic heterocycles. The van der Waals surface area contributed by atoms with E-state index in [0.717, 1.165) is 24.8 Å². The van der Waals surface area contributed by atoms with Crippen LogP contribution in [0.4, 0.5) is 5.13 Å². The normalized spacial score (nSPS) is 14.6. The molecular weight excluding hydrogens is 278 g/mol. The molecule has 3 rings (SSSR count). The Bertz CT molecular complexity index is 615. The van der Waals surface area contributed by atoms with Crippen LogP contribution in [0.1, 0.15) is 42.5 Å². The summed E-state index contributed by atoms with van der Waals surface area (Å²) in [6, 6.07) is 8.69. The average Bonchev–Trinajstić information content (AvgIpc) is 3.01. The molecule has 0 saturated heterocycles. The summed E-state index contributed by atoms with van der Waals surface area (Å²) in [6.07, 6.45) is 0. The predicted octanol–water partition coefficient (Wildman–Crippen LogP) is 3.68. The van der Waals surface area contributed by atoms with E-state index in [0.29, 0.717) is 0 Å². The molecule has 3 nitrogen and oxygen atoms in total. The summed E-state index contributed by atoms with van der Waals surface area (Å²) in [5, 5.41) is 4.42. The number of nitrogens with one attached hydrogen (secondary N) is 1. The summed E-state index contributed by atoms with van der Waals surface area (Å²) in [5.74, 6) is 0. The van der Waals surface area contributed by atoms with Crippen LogP contribution in [0.2, 0.25) is 0 Å². The molecule has 21 heavy (non-hydrogen) atoms. The Morgan fingerprint density at radius 1 is 1.19 bits per heavy atom. The first kappa shape index (κ1) is 14.5. The van der Waals surface area contributed by atoms with E-state index < -0.39 is 0 Å². The Morgan fingerprint density at radius 3 is 2.33 bits per heavy atom. The summed E-state index contributed by atoms with van der Waals surface area (Å²) < 4.78 is 0. The second kappa shape index (κ2) is 5.43. The molecule has 4 heteroatoms. The zero-order valence-corrected chi connectivity index (χ0v) is 14.0. The average molecular weight is 301 g/mol. The Hall–Kier alpha value is -1.39. The van der Waals surface area contributed by atoms with E-state index in [2.05, 4.69) is 55.3 Å². The van der Waals surface area contributed by atoms with Crippen molar-refractivity contribution in [2.45, 2.75) is 45.8 Å². The summed E-state index contributed by atoms with van der Waals surface area (Å²) in [4.78, 5) is 8.72. The largest absolute Gasteiger partial charge is 0.339 e. The maximum Gasteiger partial charge on any atom is 0.186 e. The molecule has 0 bridgehead atoms. The zero-order chi connectivity index (χ0) is 15.0. The lowest BCUT2D eigenvalue weighted by atomic mass is 9.91. The highest BCUT2D eigenvalue weighted by Crippen LogP contribution is 2.37. The Morgan fingerprint density at radius 2 is 1.81 bits per heavy atom. The van der Waals surface area contributed by atoms with Crippen molar-refractivity contribution in [1.29, 1.82) is 0 Å². The van der Waals surface area contributed by atoms with Crippen molar-refractivity contribution in [3.05, 3.63) is 46.0 Å². The maximum atomic E-state index is 4.97. The molecular formula is C17H23N3S. The van der Waals surface area contributed by atoms with Crippen LogP contribution < -0.4 is 10.2 Å². The molecule has 112 valence electrons. The van der Waals surface area contributed by atoms with Crippen molar-refractivity contribution < 1.29 is 0 Å². The van der Waals surface area contributed by atoms with Gasteiger partial charge in [0.2, 0.25) is 0 Å². The number of anilines is 1. The molecule has 1 N–H and O–H groups in total. The minimum absolute atomic E-state index is 0.0908. The quantitative estimate of drug-likeness (QED) is 0.937. The van der Waals surface area contributed by atoms with Crippen LogP contribution in [0, 0.1) is 0 Å². The monoisotopic (exact) mass is 301 g/mol. The molecule has 0 radical (unpaired) electrons. The Labute approximate surface area is 131 Å². The fourth-order valence-electron chi connectivity index (χ4n) is 2.81. The molecule has 0 amide bonds. The number of hydrogen-bond donors (Lipinski definition) is 1. The van der Waals surface area contributed by atoms with Gasteiger partial charge < -0.3 is 10.2 Å². The topological polar surface area (TPSA) is 28.2 Å². The van der Waals surface area contributed by atoms with Crippen LogP contribution in [0.3, 0.4) is 0 Å². The van der Waals surface area contributed by atoms with Gasteiger partial charge in [0.1, 0.15) is 0 Å². The Balaban J connectivity index is 1.91. The van der Waals surface area contributed by atoms with Crippen molar-refractivity contribution in [1.82, 2.24) is 10.3 Å². The van der Waals surface area contributed by atoms with Crippen molar-refractivity contribution in [3.63, 3.8) is 0 Å². The molecule has 1 aromatic carbocycles. The molecule has 0 saturated carbocycles. The van der Waals surface area contributed by atoms with Crippen molar-refractivity contribution in [2.75, 3.05) is 11.9 Å². The highest BCUT2D eigenvalue weighted by atomic mass is 32.1. The molecule has 1 aliphatic heterocycles. The first-order valence-corrected chi connectivity index (χ1v) is 8.27. The van der Waals surface area contributed by atoms with Gasteiger partial charge in [-0.15, -0.1) is 11.3 Å². The fraction of sp³-hybridized carbons (Fsp3) is 0.471. The number of nitrogens with zero attached hydrogens (tertiary/aromatic N) is 2. The van der Waals surface area contributed by atoms with E-state index >= 15 is 0 Å². The first-order valence-electron chi connectivity index (χ1n) is 7.45. The van der Waals surface area contributed by atoms with E-state index in [4.69, 9.17) is 4.98 Å². The second-order valence-corrected chi connectivity index (χ2v) is 7.74. The van der Waals surface area contributed by atoms with Gasteiger partial charge in [0.05, 0.1) is 5.69 Å².